The number of fused-ring (bicyclic) bond motifs is 1. The van der Waals surface area contributed by atoms with Crippen LogP contribution >= 0.6 is 0 Å². The van der Waals surface area contributed by atoms with Gasteiger partial charge < -0.3 is 10.2 Å². The van der Waals surface area contributed by atoms with Gasteiger partial charge in [-0.15, -0.1) is 0 Å². The van der Waals surface area contributed by atoms with E-state index in [0.29, 0.717) is 10.9 Å². The minimum atomic E-state index is -1.08. The fourth-order valence-corrected chi connectivity index (χ4v) is 1.59. The van der Waals surface area contributed by atoms with Gasteiger partial charge in [-0.05, 0) is 24.3 Å². The van der Waals surface area contributed by atoms with Crippen molar-refractivity contribution in [2.45, 2.75) is 6.54 Å². The van der Waals surface area contributed by atoms with Crippen LogP contribution in [-0.2, 0) is 11.3 Å². The number of rotatable bonds is 2. The van der Waals surface area contributed by atoms with E-state index in [-0.39, 0.29) is 17.9 Å². The van der Waals surface area contributed by atoms with Crippen molar-refractivity contribution in [3.8, 4) is 5.75 Å². The summed E-state index contributed by atoms with van der Waals surface area (Å²) in [5, 5.41) is 18.6. The van der Waals surface area contributed by atoms with Crippen LogP contribution in [-0.4, -0.2) is 20.7 Å². The number of pyridine rings is 1. The summed E-state index contributed by atoms with van der Waals surface area (Å²) in [5.41, 5.74) is 0.119. The first kappa shape index (κ1) is 10.2. The van der Waals surface area contributed by atoms with Gasteiger partial charge in [0.15, 0.2) is 0 Å². The Hall–Kier alpha value is -2.30. The average molecular weight is 219 g/mol. The number of carboxylic acid groups (broad SMARTS) is 1. The molecule has 5 heteroatoms. The Balaban J connectivity index is 2.74. The number of carbonyl (C=O) groups is 1. The zero-order chi connectivity index (χ0) is 11.7. The molecule has 1 heterocycles. The highest BCUT2D eigenvalue weighted by Crippen LogP contribution is 2.18. The molecule has 2 N–H and O–H groups in total. The molecule has 1 aromatic carbocycles. The maximum atomic E-state index is 11.5. The number of nitrogens with zero attached hydrogens (tertiary/aromatic N) is 1. The molecule has 0 aliphatic carbocycles. The molecular formula is C11H9NO4. The predicted molar refractivity (Wildman–Crippen MR) is 57.5 cm³/mol. The first-order valence-corrected chi connectivity index (χ1v) is 4.62. The van der Waals surface area contributed by atoms with Crippen molar-refractivity contribution in [1.29, 1.82) is 0 Å². The number of hydrogen-bond acceptors (Lipinski definition) is 3. The molecule has 0 aliphatic heterocycles. The van der Waals surface area contributed by atoms with Crippen LogP contribution in [0.2, 0.25) is 0 Å². The number of aromatic hydroxyl groups is 1. The van der Waals surface area contributed by atoms with Crippen LogP contribution in [0.15, 0.2) is 35.1 Å². The second-order valence-corrected chi connectivity index (χ2v) is 3.39. The van der Waals surface area contributed by atoms with E-state index in [1.54, 1.807) is 6.07 Å². The van der Waals surface area contributed by atoms with Crippen LogP contribution in [0.1, 0.15) is 0 Å². The zero-order valence-corrected chi connectivity index (χ0v) is 8.25. The highest BCUT2D eigenvalue weighted by molar-refractivity contribution is 5.81. The van der Waals surface area contributed by atoms with E-state index in [4.69, 9.17) is 5.11 Å². The van der Waals surface area contributed by atoms with Crippen LogP contribution in [0.25, 0.3) is 10.9 Å². The molecule has 0 atom stereocenters. The summed E-state index contributed by atoms with van der Waals surface area (Å²) in [6.07, 6.45) is 0. The van der Waals surface area contributed by atoms with Gasteiger partial charge in [-0.25, -0.2) is 0 Å². The Bertz CT molecular complexity index is 615. The van der Waals surface area contributed by atoms with Gasteiger partial charge in [0, 0.05) is 11.5 Å². The van der Waals surface area contributed by atoms with Crippen molar-refractivity contribution in [3.05, 3.63) is 40.7 Å². The number of carboxylic acids is 1. The number of aliphatic carboxylic acids is 1. The van der Waals surface area contributed by atoms with E-state index in [0.717, 1.165) is 4.57 Å². The summed E-state index contributed by atoms with van der Waals surface area (Å²) in [5.74, 6) is -1.00. The number of hydrogen-bond donors (Lipinski definition) is 2. The Morgan fingerprint density at radius 2 is 2.00 bits per heavy atom. The third-order valence-corrected chi connectivity index (χ3v) is 2.27. The molecule has 0 bridgehead atoms. The van der Waals surface area contributed by atoms with E-state index >= 15 is 0 Å². The van der Waals surface area contributed by atoms with E-state index < -0.39 is 5.97 Å². The molecule has 2 aromatic rings. The molecule has 82 valence electrons. The van der Waals surface area contributed by atoms with Crippen molar-refractivity contribution in [3.63, 3.8) is 0 Å². The third kappa shape index (κ3) is 1.75. The molecule has 1 aromatic heterocycles. The molecule has 0 saturated carbocycles. The maximum Gasteiger partial charge on any atom is 0.323 e. The highest BCUT2D eigenvalue weighted by atomic mass is 16.4. The molecule has 0 saturated heterocycles. The molecule has 2 rings (SSSR count). The monoisotopic (exact) mass is 219 g/mol. The van der Waals surface area contributed by atoms with Gasteiger partial charge in [-0.1, -0.05) is 0 Å². The highest BCUT2D eigenvalue weighted by Gasteiger charge is 2.06. The molecule has 0 unspecified atom stereocenters. The SMILES string of the molecule is O=C(O)Cn1c(=O)ccc2cc(O)ccc21. The van der Waals surface area contributed by atoms with E-state index in [1.165, 1.54) is 24.3 Å². The van der Waals surface area contributed by atoms with Gasteiger partial charge in [0.2, 0.25) is 0 Å². The summed E-state index contributed by atoms with van der Waals surface area (Å²) in [6, 6.07) is 7.25. The van der Waals surface area contributed by atoms with Gasteiger partial charge in [-0.3, -0.25) is 14.2 Å². The van der Waals surface area contributed by atoms with Crippen LogP contribution in [0, 0.1) is 0 Å². The lowest BCUT2D eigenvalue weighted by Gasteiger charge is -2.07. The molecule has 0 fully saturated rings. The molecule has 16 heavy (non-hydrogen) atoms. The Labute approximate surface area is 90.2 Å². The summed E-state index contributed by atoms with van der Waals surface area (Å²) in [4.78, 5) is 22.1. The molecule has 0 amide bonds. The predicted octanol–water partition coefficient (Wildman–Crippen LogP) is 0.792. The fourth-order valence-electron chi connectivity index (χ4n) is 1.59. The van der Waals surface area contributed by atoms with E-state index in [9.17, 15) is 14.7 Å². The molecule has 0 aliphatic rings. The average Bonchev–Trinajstić information content (AvgIpc) is 2.22. The van der Waals surface area contributed by atoms with Crippen molar-refractivity contribution in [1.82, 2.24) is 4.57 Å². The fraction of sp³-hybridized carbons (Fsp3) is 0.0909. The molecule has 5 nitrogen and oxygen atoms in total. The van der Waals surface area contributed by atoms with Gasteiger partial charge in [0.1, 0.15) is 12.3 Å². The number of aromatic nitrogens is 1. The molecule has 0 radical (unpaired) electrons. The Morgan fingerprint density at radius 3 is 2.69 bits per heavy atom. The molecular weight excluding hydrogens is 210 g/mol. The smallest absolute Gasteiger partial charge is 0.323 e. The lowest BCUT2D eigenvalue weighted by atomic mass is 10.2. The Morgan fingerprint density at radius 1 is 1.25 bits per heavy atom. The number of phenols is 1. The van der Waals surface area contributed by atoms with Crippen molar-refractivity contribution < 1.29 is 15.0 Å². The third-order valence-electron chi connectivity index (χ3n) is 2.27. The van der Waals surface area contributed by atoms with Crippen LogP contribution < -0.4 is 5.56 Å². The number of benzene rings is 1. The lowest BCUT2D eigenvalue weighted by molar-refractivity contribution is -0.137. The van der Waals surface area contributed by atoms with Gasteiger partial charge >= 0.3 is 5.97 Å². The minimum absolute atomic E-state index is 0.0769. The molecule has 0 spiro atoms. The van der Waals surface area contributed by atoms with Crippen LogP contribution in [0.5, 0.6) is 5.75 Å². The van der Waals surface area contributed by atoms with Crippen molar-refractivity contribution in [2.75, 3.05) is 0 Å². The van der Waals surface area contributed by atoms with Crippen LogP contribution in [0.4, 0.5) is 0 Å². The summed E-state index contributed by atoms with van der Waals surface area (Å²) in [7, 11) is 0. The van der Waals surface area contributed by atoms with E-state index in [2.05, 4.69) is 0 Å². The van der Waals surface area contributed by atoms with Gasteiger partial charge in [0.05, 0.1) is 5.52 Å². The largest absolute Gasteiger partial charge is 0.508 e. The van der Waals surface area contributed by atoms with Crippen molar-refractivity contribution >= 4 is 16.9 Å². The number of phenolic OH excluding ortho intramolecular Hbond substituents is 1. The topological polar surface area (TPSA) is 79.5 Å². The summed E-state index contributed by atoms with van der Waals surface area (Å²) in [6.45, 7) is -0.388. The second kappa shape index (κ2) is 3.69. The van der Waals surface area contributed by atoms with Crippen molar-refractivity contribution in [2.24, 2.45) is 0 Å². The normalized spacial score (nSPS) is 10.5. The minimum Gasteiger partial charge on any atom is -0.508 e. The summed E-state index contributed by atoms with van der Waals surface area (Å²) >= 11 is 0. The maximum absolute atomic E-state index is 11.5. The Kier molecular flexibility index (Phi) is 2.36. The van der Waals surface area contributed by atoms with Crippen LogP contribution in [0.3, 0.4) is 0 Å². The first-order chi connectivity index (χ1) is 7.58. The van der Waals surface area contributed by atoms with E-state index in [1.807, 2.05) is 0 Å². The van der Waals surface area contributed by atoms with Gasteiger partial charge in [0.25, 0.3) is 5.56 Å². The lowest BCUT2D eigenvalue weighted by Crippen LogP contribution is -2.23. The standard InChI is InChI=1S/C11H9NO4/c13-8-2-3-9-7(5-8)1-4-10(14)12(9)6-11(15)16/h1-5,13H,6H2,(H,15,16). The summed E-state index contributed by atoms with van der Waals surface area (Å²) < 4.78 is 1.15. The quantitative estimate of drug-likeness (QED) is 0.782. The first-order valence-electron chi connectivity index (χ1n) is 4.62. The second-order valence-electron chi connectivity index (χ2n) is 3.39. The zero-order valence-electron chi connectivity index (χ0n) is 8.25. The van der Waals surface area contributed by atoms with Gasteiger partial charge in [-0.2, -0.15) is 0 Å².